The van der Waals surface area contributed by atoms with E-state index in [9.17, 15) is 19.5 Å². The molecule has 1 aliphatic carbocycles. The number of amides is 2. The van der Waals surface area contributed by atoms with E-state index in [4.69, 9.17) is 4.74 Å². The van der Waals surface area contributed by atoms with Gasteiger partial charge in [-0.15, -0.1) is 0 Å². The minimum absolute atomic E-state index is 0.0609. The molecule has 0 bridgehead atoms. The second kappa shape index (κ2) is 9.49. The first-order chi connectivity index (χ1) is 16.2. The zero-order chi connectivity index (χ0) is 24.5. The summed E-state index contributed by atoms with van der Waals surface area (Å²) in [5.74, 6) is -1.86. The highest BCUT2D eigenvalue weighted by Crippen LogP contribution is 2.44. The van der Waals surface area contributed by atoms with Crippen molar-refractivity contribution in [3.8, 4) is 11.1 Å². The number of rotatable bonds is 7. The Bertz CT molecular complexity index is 1050. The quantitative estimate of drug-likeness (QED) is 0.638. The first kappa shape index (κ1) is 23.8. The molecule has 1 saturated heterocycles. The second-order valence-corrected chi connectivity index (χ2v) is 9.91. The molecule has 2 N–H and O–H groups in total. The second-order valence-electron chi connectivity index (χ2n) is 9.91. The van der Waals surface area contributed by atoms with E-state index >= 15 is 0 Å². The summed E-state index contributed by atoms with van der Waals surface area (Å²) in [7, 11) is 0. The lowest BCUT2D eigenvalue weighted by Crippen LogP contribution is -2.48. The van der Waals surface area contributed by atoms with Gasteiger partial charge in [-0.25, -0.2) is 4.79 Å². The Labute approximate surface area is 200 Å². The highest BCUT2D eigenvalue weighted by molar-refractivity contribution is 5.87. The third-order valence-corrected chi connectivity index (χ3v) is 7.07. The van der Waals surface area contributed by atoms with Crippen LogP contribution in [0.3, 0.4) is 0 Å². The molecule has 7 nitrogen and oxygen atoms in total. The van der Waals surface area contributed by atoms with Crippen molar-refractivity contribution < 1.29 is 24.2 Å². The molecule has 7 heteroatoms. The van der Waals surface area contributed by atoms with Gasteiger partial charge < -0.3 is 20.1 Å². The van der Waals surface area contributed by atoms with Gasteiger partial charge in [-0.1, -0.05) is 75.7 Å². The van der Waals surface area contributed by atoms with Gasteiger partial charge in [0.05, 0.1) is 5.92 Å². The maximum Gasteiger partial charge on any atom is 0.407 e. The lowest BCUT2D eigenvalue weighted by molar-refractivity contribution is -0.144. The molecule has 0 spiro atoms. The van der Waals surface area contributed by atoms with Crippen molar-refractivity contribution >= 4 is 18.0 Å². The smallest absolute Gasteiger partial charge is 0.407 e. The van der Waals surface area contributed by atoms with Crippen LogP contribution >= 0.6 is 0 Å². The van der Waals surface area contributed by atoms with Crippen molar-refractivity contribution in [2.24, 2.45) is 11.3 Å². The molecule has 2 aromatic rings. The molecule has 2 aliphatic rings. The third-order valence-electron chi connectivity index (χ3n) is 7.07. The monoisotopic (exact) mass is 464 g/mol. The number of carboxylic acids is 1. The van der Waals surface area contributed by atoms with Gasteiger partial charge >= 0.3 is 12.1 Å². The molecule has 180 valence electrons. The van der Waals surface area contributed by atoms with Gasteiger partial charge in [0, 0.05) is 19.0 Å². The van der Waals surface area contributed by atoms with E-state index < -0.39 is 29.4 Å². The molecule has 1 aliphatic heterocycles. The predicted molar refractivity (Wildman–Crippen MR) is 128 cm³/mol. The van der Waals surface area contributed by atoms with Crippen LogP contribution in [0.5, 0.6) is 0 Å². The molecule has 0 radical (unpaired) electrons. The zero-order valence-corrected chi connectivity index (χ0v) is 19.9. The van der Waals surface area contributed by atoms with Crippen LogP contribution in [0.25, 0.3) is 11.1 Å². The standard InChI is InChI=1S/C27H32N2O5/c1-4-9-23(24(30)29-14-22(25(31)32)27(2,3)16-29)28-26(33)34-15-21-19-12-7-5-10-17(19)18-11-6-8-13-20(18)21/h5-8,10-13,21-23H,4,9,14-16H2,1-3H3,(H,28,33)(H,31,32)/t22?,23-/m1/s1. The number of carboxylic acid groups (broad SMARTS) is 1. The van der Waals surface area contributed by atoms with Crippen molar-refractivity contribution in [3.05, 3.63) is 59.7 Å². The summed E-state index contributed by atoms with van der Waals surface area (Å²) in [6.45, 7) is 6.31. The summed E-state index contributed by atoms with van der Waals surface area (Å²) < 4.78 is 5.61. The Balaban J connectivity index is 1.41. The molecule has 0 aromatic heterocycles. The number of benzene rings is 2. The number of nitrogens with zero attached hydrogens (tertiary/aromatic N) is 1. The van der Waals surface area contributed by atoms with Gasteiger partial charge in [0.25, 0.3) is 0 Å². The molecule has 2 atom stereocenters. The van der Waals surface area contributed by atoms with Crippen LogP contribution in [-0.2, 0) is 14.3 Å². The maximum atomic E-state index is 13.2. The van der Waals surface area contributed by atoms with Crippen LogP contribution in [0.15, 0.2) is 48.5 Å². The van der Waals surface area contributed by atoms with Crippen LogP contribution in [0.1, 0.15) is 50.7 Å². The molecule has 2 amide bonds. The molecular formula is C27H32N2O5. The number of carbonyl (C=O) groups is 3. The number of hydrogen-bond donors (Lipinski definition) is 2. The Hall–Kier alpha value is -3.35. The summed E-state index contributed by atoms with van der Waals surface area (Å²) >= 11 is 0. The average Bonchev–Trinajstić information content (AvgIpc) is 3.31. The molecule has 1 heterocycles. The van der Waals surface area contributed by atoms with Gasteiger partial charge in [-0.3, -0.25) is 9.59 Å². The van der Waals surface area contributed by atoms with Gasteiger partial charge in [0.2, 0.25) is 5.91 Å². The van der Waals surface area contributed by atoms with E-state index in [1.807, 2.05) is 45.0 Å². The summed E-state index contributed by atoms with van der Waals surface area (Å²) in [6, 6.07) is 15.5. The average molecular weight is 465 g/mol. The van der Waals surface area contributed by atoms with Gasteiger partial charge in [-0.2, -0.15) is 0 Å². The molecule has 1 fully saturated rings. The molecule has 4 rings (SSSR count). The van der Waals surface area contributed by atoms with Gasteiger partial charge in [-0.05, 0) is 34.1 Å². The van der Waals surface area contributed by atoms with E-state index in [1.165, 1.54) is 0 Å². The predicted octanol–water partition coefficient (Wildman–Crippen LogP) is 4.26. The topological polar surface area (TPSA) is 95.9 Å². The van der Waals surface area contributed by atoms with Crippen LogP contribution in [0, 0.1) is 11.3 Å². The number of fused-ring (bicyclic) bond motifs is 3. The van der Waals surface area contributed by atoms with E-state index in [2.05, 4.69) is 29.6 Å². The number of alkyl carbamates (subject to hydrolysis) is 1. The van der Waals surface area contributed by atoms with Crippen molar-refractivity contribution in [2.75, 3.05) is 19.7 Å². The number of carbonyl (C=O) groups excluding carboxylic acids is 2. The fourth-order valence-corrected chi connectivity index (χ4v) is 5.26. The number of nitrogens with one attached hydrogen (secondary N) is 1. The summed E-state index contributed by atoms with van der Waals surface area (Å²) in [4.78, 5) is 39.1. The first-order valence-corrected chi connectivity index (χ1v) is 11.9. The minimum atomic E-state index is -0.906. The summed E-state index contributed by atoms with van der Waals surface area (Å²) in [5.41, 5.74) is 4.02. The maximum absolute atomic E-state index is 13.2. The highest BCUT2D eigenvalue weighted by atomic mass is 16.5. The number of ether oxygens (including phenoxy) is 1. The Morgan fingerprint density at radius 2 is 1.68 bits per heavy atom. The summed E-state index contributed by atoms with van der Waals surface area (Å²) in [6.07, 6.45) is 0.513. The third kappa shape index (κ3) is 4.52. The van der Waals surface area contributed by atoms with E-state index in [-0.39, 0.29) is 25.0 Å². The molecular weight excluding hydrogens is 432 g/mol. The normalized spacial score (nSPS) is 19.3. The largest absolute Gasteiger partial charge is 0.481 e. The SMILES string of the molecule is CCC[C@@H](NC(=O)OCC1c2ccccc2-c2ccccc21)C(=O)N1CC(C(=O)O)C(C)(C)C1. The highest BCUT2D eigenvalue weighted by Gasteiger charge is 2.46. The first-order valence-electron chi connectivity index (χ1n) is 11.9. The van der Waals surface area contributed by atoms with E-state index in [1.54, 1.807) is 4.90 Å². The molecule has 34 heavy (non-hydrogen) atoms. The molecule has 2 aromatic carbocycles. The lowest BCUT2D eigenvalue weighted by Gasteiger charge is -2.25. The van der Waals surface area contributed by atoms with Crippen LogP contribution in [0.2, 0.25) is 0 Å². The van der Waals surface area contributed by atoms with Crippen molar-refractivity contribution in [1.29, 1.82) is 0 Å². The number of likely N-dealkylation sites (tertiary alicyclic amines) is 1. The van der Waals surface area contributed by atoms with Crippen LogP contribution in [-0.4, -0.2) is 53.7 Å². The fourth-order valence-electron chi connectivity index (χ4n) is 5.26. The Kier molecular flexibility index (Phi) is 6.64. The molecule has 1 unspecified atom stereocenters. The van der Waals surface area contributed by atoms with Crippen molar-refractivity contribution in [1.82, 2.24) is 10.2 Å². The Morgan fingerprint density at radius 3 is 2.21 bits per heavy atom. The Morgan fingerprint density at radius 1 is 1.09 bits per heavy atom. The minimum Gasteiger partial charge on any atom is -0.481 e. The fraction of sp³-hybridized carbons (Fsp3) is 0.444. The van der Waals surface area contributed by atoms with Crippen molar-refractivity contribution in [3.63, 3.8) is 0 Å². The van der Waals surface area contributed by atoms with Gasteiger partial charge in [0.15, 0.2) is 0 Å². The lowest BCUT2D eigenvalue weighted by atomic mass is 9.82. The number of hydrogen-bond acceptors (Lipinski definition) is 4. The zero-order valence-electron chi connectivity index (χ0n) is 19.9. The van der Waals surface area contributed by atoms with E-state index in [0.29, 0.717) is 19.4 Å². The van der Waals surface area contributed by atoms with Crippen LogP contribution in [0.4, 0.5) is 4.79 Å². The summed E-state index contributed by atoms with van der Waals surface area (Å²) in [5, 5.41) is 12.3. The van der Waals surface area contributed by atoms with Crippen LogP contribution < -0.4 is 5.32 Å². The van der Waals surface area contributed by atoms with Crippen molar-refractivity contribution in [2.45, 2.75) is 45.6 Å². The van der Waals surface area contributed by atoms with Gasteiger partial charge in [0.1, 0.15) is 12.6 Å². The number of aliphatic carboxylic acids is 1. The van der Waals surface area contributed by atoms with E-state index in [0.717, 1.165) is 22.3 Å². The molecule has 0 saturated carbocycles.